The van der Waals surface area contributed by atoms with Crippen LogP contribution in [0.25, 0.3) is 0 Å². The number of amides is 1. The minimum absolute atomic E-state index is 0.117. The molecule has 0 saturated carbocycles. The predicted molar refractivity (Wildman–Crippen MR) is 128 cm³/mol. The Morgan fingerprint density at radius 1 is 0.875 bits per heavy atom. The highest BCUT2D eigenvalue weighted by atomic mass is 32.2. The van der Waals surface area contributed by atoms with Gasteiger partial charge < -0.3 is 4.90 Å². The van der Waals surface area contributed by atoms with Crippen LogP contribution in [0.5, 0.6) is 0 Å². The average Bonchev–Trinajstić information content (AvgIpc) is 2.80. The summed E-state index contributed by atoms with van der Waals surface area (Å²) in [4.78, 5) is 15.4. The Balaban J connectivity index is 1.67. The van der Waals surface area contributed by atoms with Crippen LogP contribution in [0, 0.1) is 6.92 Å². The van der Waals surface area contributed by atoms with Gasteiger partial charge in [-0.1, -0.05) is 66.7 Å². The van der Waals surface area contributed by atoms with Crippen LogP contribution in [0.4, 0.5) is 5.69 Å². The van der Waals surface area contributed by atoms with E-state index in [0.29, 0.717) is 37.3 Å². The van der Waals surface area contributed by atoms with Gasteiger partial charge in [-0.05, 0) is 48.6 Å². The summed E-state index contributed by atoms with van der Waals surface area (Å²) in [5.74, 6) is 0.0343. The standard InChI is InChI=1S/C26H28N2O3S/c1-21-14-15-24(18-25(21)28-16-8-9-17-32(28,30)31)26(29)27(19-22-10-4-2-5-11-22)20-23-12-6-3-7-13-23/h2-7,10-15,18H,8-9,16-17,19-20H2,1H3. The summed E-state index contributed by atoms with van der Waals surface area (Å²) in [6.45, 7) is 3.29. The van der Waals surface area contributed by atoms with Crippen molar-refractivity contribution in [3.05, 3.63) is 101 Å². The molecule has 0 unspecified atom stereocenters. The highest BCUT2D eigenvalue weighted by Crippen LogP contribution is 2.29. The molecule has 1 aliphatic rings. The molecule has 6 heteroatoms. The van der Waals surface area contributed by atoms with E-state index < -0.39 is 10.0 Å². The second kappa shape index (κ2) is 9.57. The fraction of sp³-hybridized carbons (Fsp3) is 0.269. The van der Waals surface area contributed by atoms with Crippen LogP contribution >= 0.6 is 0 Å². The third-order valence-corrected chi connectivity index (χ3v) is 7.65. The lowest BCUT2D eigenvalue weighted by molar-refractivity contribution is 0.0730. The Kier molecular flexibility index (Phi) is 6.61. The van der Waals surface area contributed by atoms with Gasteiger partial charge >= 0.3 is 0 Å². The predicted octanol–water partition coefficient (Wildman–Crippen LogP) is 4.77. The Bertz CT molecular complexity index is 1140. The first-order valence-electron chi connectivity index (χ1n) is 10.9. The van der Waals surface area contributed by atoms with E-state index in [9.17, 15) is 13.2 Å². The van der Waals surface area contributed by atoms with Gasteiger partial charge in [-0.3, -0.25) is 9.10 Å². The highest BCUT2D eigenvalue weighted by molar-refractivity contribution is 7.92. The molecule has 0 aliphatic carbocycles. The van der Waals surface area contributed by atoms with Crippen LogP contribution in [0.2, 0.25) is 0 Å². The lowest BCUT2D eigenvalue weighted by atomic mass is 10.1. The molecule has 1 saturated heterocycles. The molecule has 4 rings (SSSR count). The van der Waals surface area contributed by atoms with Crippen molar-refractivity contribution in [2.45, 2.75) is 32.9 Å². The highest BCUT2D eigenvalue weighted by Gasteiger charge is 2.28. The van der Waals surface area contributed by atoms with Gasteiger partial charge in [-0.2, -0.15) is 0 Å². The number of carbonyl (C=O) groups is 1. The van der Waals surface area contributed by atoms with Crippen molar-refractivity contribution in [3.8, 4) is 0 Å². The minimum Gasteiger partial charge on any atom is -0.330 e. The summed E-state index contributed by atoms with van der Waals surface area (Å²) in [7, 11) is -3.35. The van der Waals surface area contributed by atoms with Gasteiger partial charge in [0.25, 0.3) is 5.91 Å². The number of hydrogen-bond donors (Lipinski definition) is 0. The number of aryl methyl sites for hydroxylation is 1. The van der Waals surface area contributed by atoms with Crippen molar-refractivity contribution in [1.29, 1.82) is 0 Å². The molecule has 3 aromatic rings. The first-order chi connectivity index (χ1) is 15.4. The van der Waals surface area contributed by atoms with Crippen molar-refractivity contribution in [2.75, 3.05) is 16.6 Å². The molecule has 0 aromatic heterocycles. The average molecular weight is 449 g/mol. The van der Waals surface area contributed by atoms with Gasteiger partial charge in [-0.25, -0.2) is 8.42 Å². The molecular weight excluding hydrogens is 420 g/mol. The monoisotopic (exact) mass is 448 g/mol. The maximum atomic E-state index is 13.6. The maximum Gasteiger partial charge on any atom is 0.254 e. The molecule has 0 radical (unpaired) electrons. The summed E-state index contributed by atoms with van der Waals surface area (Å²) >= 11 is 0. The number of nitrogens with zero attached hydrogens (tertiary/aromatic N) is 2. The number of benzene rings is 3. The fourth-order valence-electron chi connectivity index (χ4n) is 4.06. The van der Waals surface area contributed by atoms with Crippen molar-refractivity contribution < 1.29 is 13.2 Å². The molecule has 1 aliphatic heterocycles. The third-order valence-electron chi connectivity index (χ3n) is 5.79. The van der Waals surface area contributed by atoms with E-state index in [0.717, 1.165) is 23.1 Å². The van der Waals surface area contributed by atoms with E-state index in [1.165, 1.54) is 4.31 Å². The molecule has 0 bridgehead atoms. The number of hydrogen-bond acceptors (Lipinski definition) is 3. The fourth-order valence-corrected chi connectivity index (χ4v) is 5.75. The zero-order valence-electron chi connectivity index (χ0n) is 18.3. The molecule has 0 N–H and O–H groups in total. The van der Waals surface area contributed by atoms with Crippen LogP contribution in [0.1, 0.15) is 39.9 Å². The van der Waals surface area contributed by atoms with Gasteiger partial charge in [0.05, 0.1) is 11.4 Å². The van der Waals surface area contributed by atoms with Gasteiger partial charge in [0.1, 0.15) is 0 Å². The van der Waals surface area contributed by atoms with E-state index in [1.807, 2.05) is 78.6 Å². The first kappa shape index (κ1) is 22.1. The largest absolute Gasteiger partial charge is 0.330 e. The molecule has 1 amide bonds. The lowest BCUT2D eigenvalue weighted by Gasteiger charge is -2.30. The van der Waals surface area contributed by atoms with Gasteiger partial charge in [0.15, 0.2) is 0 Å². The number of sulfonamides is 1. The molecule has 0 spiro atoms. The zero-order chi connectivity index (χ0) is 22.6. The smallest absolute Gasteiger partial charge is 0.254 e. The van der Waals surface area contributed by atoms with Crippen LogP contribution < -0.4 is 4.31 Å². The number of anilines is 1. The van der Waals surface area contributed by atoms with E-state index in [2.05, 4.69) is 0 Å². The lowest BCUT2D eigenvalue weighted by Crippen LogP contribution is -2.38. The van der Waals surface area contributed by atoms with Gasteiger partial charge in [-0.15, -0.1) is 0 Å². The Morgan fingerprint density at radius 2 is 1.47 bits per heavy atom. The molecule has 1 heterocycles. The Morgan fingerprint density at radius 3 is 2.03 bits per heavy atom. The van der Waals surface area contributed by atoms with Gasteiger partial charge in [0.2, 0.25) is 10.0 Å². The summed E-state index contributed by atoms with van der Waals surface area (Å²) in [6.07, 6.45) is 1.50. The van der Waals surface area contributed by atoms with Crippen molar-refractivity contribution in [3.63, 3.8) is 0 Å². The van der Waals surface area contributed by atoms with Crippen LogP contribution in [0.3, 0.4) is 0 Å². The molecule has 3 aromatic carbocycles. The van der Waals surface area contributed by atoms with Crippen molar-refractivity contribution in [1.82, 2.24) is 4.90 Å². The van der Waals surface area contributed by atoms with Crippen LogP contribution in [-0.4, -0.2) is 31.5 Å². The summed E-state index contributed by atoms with van der Waals surface area (Å²) in [5.41, 5.74) is 4.04. The van der Waals surface area contributed by atoms with E-state index in [4.69, 9.17) is 0 Å². The SMILES string of the molecule is Cc1ccc(C(=O)N(Cc2ccccc2)Cc2ccccc2)cc1N1CCCCS1(=O)=O. The first-order valence-corrected chi connectivity index (χ1v) is 12.5. The Labute approximate surface area is 190 Å². The Hall–Kier alpha value is -3.12. The molecule has 5 nitrogen and oxygen atoms in total. The second-order valence-corrected chi connectivity index (χ2v) is 10.2. The molecule has 32 heavy (non-hydrogen) atoms. The number of rotatable bonds is 6. The quantitative estimate of drug-likeness (QED) is 0.546. The molecular formula is C26H28N2O3S. The van der Waals surface area contributed by atoms with Crippen molar-refractivity contribution >= 4 is 21.6 Å². The van der Waals surface area contributed by atoms with Gasteiger partial charge in [0, 0.05) is 25.2 Å². The molecule has 166 valence electrons. The molecule has 1 fully saturated rings. The summed E-state index contributed by atoms with van der Waals surface area (Å²) in [5, 5.41) is 0. The summed E-state index contributed by atoms with van der Waals surface area (Å²) in [6, 6.07) is 25.2. The maximum absolute atomic E-state index is 13.6. The number of carbonyl (C=O) groups excluding carboxylic acids is 1. The third kappa shape index (κ3) is 5.02. The van der Waals surface area contributed by atoms with E-state index >= 15 is 0 Å². The topological polar surface area (TPSA) is 57.7 Å². The minimum atomic E-state index is -3.35. The molecule has 0 atom stereocenters. The second-order valence-electron chi connectivity index (χ2n) is 8.23. The van der Waals surface area contributed by atoms with Crippen LogP contribution in [0.15, 0.2) is 78.9 Å². The summed E-state index contributed by atoms with van der Waals surface area (Å²) < 4.78 is 26.8. The van der Waals surface area contributed by atoms with Crippen molar-refractivity contribution in [2.24, 2.45) is 0 Å². The van der Waals surface area contributed by atoms with E-state index in [1.54, 1.807) is 12.1 Å². The normalized spacial score (nSPS) is 15.3. The van der Waals surface area contributed by atoms with E-state index in [-0.39, 0.29) is 11.7 Å². The zero-order valence-corrected chi connectivity index (χ0v) is 19.1. The van der Waals surface area contributed by atoms with Crippen LogP contribution in [-0.2, 0) is 23.1 Å².